The number of para-hydroxylation sites is 1. The average Bonchev–Trinajstić information content (AvgIpc) is 2.58. The number of aliphatic hydroxyl groups excluding tert-OH is 1. The summed E-state index contributed by atoms with van der Waals surface area (Å²) in [6.45, 7) is 0. The summed E-state index contributed by atoms with van der Waals surface area (Å²) in [7, 11) is 0. The molecule has 0 radical (unpaired) electrons. The zero-order valence-corrected chi connectivity index (χ0v) is 7.42. The van der Waals surface area contributed by atoms with Crippen molar-refractivity contribution in [1.82, 2.24) is 10.2 Å². The highest BCUT2D eigenvalue weighted by Gasteiger charge is 2.41. The van der Waals surface area contributed by atoms with Gasteiger partial charge < -0.3 is 5.11 Å². The Hall–Kier alpha value is -1.56. The minimum atomic E-state index is -4.69. The van der Waals surface area contributed by atoms with Crippen LogP contribution in [0.1, 0.15) is 11.8 Å². The molecule has 0 aliphatic heterocycles. The molecule has 0 aliphatic carbocycles. The fraction of sp³-hybridized carbons (Fsp3) is 0.222. The predicted octanol–water partition coefficient (Wildman–Crippen LogP) is 2.16. The second-order valence-electron chi connectivity index (χ2n) is 3.10. The number of alkyl halides is 3. The summed E-state index contributed by atoms with van der Waals surface area (Å²) in [6, 6.07) is 6.29. The molecule has 2 N–H and O–H groups in total. The fourth-order valence-corrected chi connectivity index (χ4v) is 1.35. The molecule has 0 amide bonds. The number of H-pyrrole nitrogens is 1. The molecule has 1 aromatic carbocycles. The molecule has 1 aromatic heterocycles. The highest BCUT2D eigenvalue weighted by molar-refractivity contribution is 5.81. The molecule has 0 unspecified atom stereocenters. The van der Waals surface area contributed by atoms with Crippen molar-refractivity contribution in [2.45, 2.75) is 12.3 Å². The van der Waals surface area contributed by atoms with Gasteiger partial charge in [0.25, 0.3) is 0 Å². The molecule has 0 fully saturated rings. The first-order valence-electron chi connectivity index (χ1n) is 4.18. The zero-order valence-electron chi connectivity index (χ0n) is 7.42. The Morgan fingerprint density at radius 3 is 2.60 bits per heavy atom. The number of aromatic nitrogens is 2. The van der Waals surface area contributed by atoms with Gasteiger partial charge in [-0.1, -0.05) is 18.2 Å². The second-order valence-corrected chi connectivity index (χ2v) is 3.10. The molecule has 2 aromatic rings. The number of rotatable bonds is 1. The topological polar surface area (TPSA) is 48.9 Å². The molecule has 0 aliphatic rings. The van der Waals surface area contributed by atoms with Crippen LogP contribution < -0.4 is 0 Å². The molecule has 6 heteroatoms. The predicted molar refractivity (Wildman–Crippen MR) is 47.1 cm³/mol. The van der Waals surface area contributed by atoms with E-state index in [4.69, 9.17) is 5.11 Å². The highest BCUT2D eigenvalue weighted by atomic mass is 19.4. The van der Waals surface area contributed by atoms with E-state index in [-0.39, 0.29) is 11.1 Å². The van der Waals surface area contributed by atoms with Crippen molar-refractivity contribution in [3.8, 4) is 0 Å². The maximum absolute atomic E-state index is 12.2. The van der Waals surface area contributed by atoms with Crippen molar-refractivity contribution in [3.05, 3.63) is 30.0 Å². The van der Waals surface area contributed by atoms with Gasteiger partial charge in [0.1, 0.15) is 0 Å². The second kappa shape index (κ2) is 3.23. The Kier molecular flexibility index (Phi) is 2.15. The highest BCUT2D eigenvalue weighted by Crippen LogP contribution is 2.34. The summed E-state index contributed by atoms with van der Waals surface area (Å²) >= 11 is 0. The van der Waals surface area contributed by atoms with Crippen LogP contribution in [0.5, 0.6) is 0 Å². The summed E-state index contributed by atoms with van der Waals surface area (Å²) in [5, 5.41) is 15.2. The third-order valence-electron chi connectivity index (χ3n) is 2.07. The fourth-order valence-electron chi connectivity index (χ4n) is 1.35. The van der Waals surface area contributed by atoms with Gasteiger partial charge in [0, 0.05) is 5.39 Å². The number of nitrogens with zero attached hydrogens (tertiary/aromatic N) is 1. The van der Waals surface area contributed by atoms with Gasteiger partial charge in [-0.15, -0.1) is 0 Å². The molecule has 0 spiro atoms. The van der Waals surface area contributed by atoms with E-state index >= 15 is 0 Å². The molecular weight excluding hydrogens is 209 g/mol. The zero-order chi connectivity index (χ0) is 11.1. The number of aliphatic hydroxyl groups is 1. The van der Waals surface area contributed by atoms with Gasteiger partial charge in [-0.25, -0.2) is 0 Å². The normalized spacial score (nSPS) is 14.4. The monoisotopic (exact) mass is 216 g/mol. The van der Waals surface area contributed by atoms with Gasteiger partial charge in [0.05, 0.1) is 11.2 Å². The molecule has 2 rings (SSSR count). The van der Waals surface area contributed by atoms with Gasteiger partial charge in [-0.05, 0) is 6.07 Å². The van der Waals surface area contributed by atoms with E-state index in [0.717, 1.165) is 0 Å². The third-order valence-corrected chi connectivity index (χ3v) is 2.07. The van der Waals surface area contributed by atoms with E-state index in [1.807, 2.05) is 0 Å². The molecule has 0 bridgehead atoms. The van der Waals surface area contributed by atoms with E-state index in [9.17, 15) is 13.2 Å². The van der Waals surface area contributed by atoms with Crippen LogP contribution in [0.15, 0.2) is 24.3 Å². The van der Waals surface area contributed by atoms with Crippen LogP contribution in [0.3, 0.4) is 0 Å². The lowest BCUT2D eigenvalue weighted by molar-refractivity contribution is -0.207. The van der Waals surface area contributed by atoms with Crippen molar-refractivity contribution in [3.63, 3.8) is 0 Å². The first-order valence-corrected chi connectivity index (χ1v) is 4.18. The minimum absolute atomic E-state index is 0.280. The number of fused-ring (bicyclic) bond motifs is 1. The number of hydrogen-bond acceptors (Lipinski definition) is 2. The average molecular weight is 216 g/mol. The number of hydrogen-bond donors (Lipinski definition) is 2. The molecule has 1 atom stereocenters. The van der Waals surface area contributed by atoms with Crippen LogP contribution in [-0.4, -0.2) is 21.5 Å². The smallest absolute Gasteiger partial charge is 0.378 e. The summed E-state index contributed by atoms with van der Waals surface area (Å²) < 4.78 is 36.7. The standard InChI is InChI=1S/C9H7F3N2O/c10-9(11,12)8(15)7-5-3-1-2-4-6(5)13-14-7/h1-4,8,15H,(H,13,14)/t8-/m0/s1. The number of halogens is 3. The van der Waals surface area contributed by atoms with Crippen molar-refractivity contribution < 1.29 is 18.3 Å². The summed E-state index contributed by atoms with van der Waals surface area (Å²) in [4.78, 5) is 0. The molecule has 0 saturated carbocycles. The molecule has 0 saturated heterocycles. The summed E-state index contributed by atoms with van der Waals surface area (Å²) in [5.41, 5.74) is 0.0777. The Balaban J connectivity index is 2.53. The lowest BCUT2D eigenvalue weighted by Gasteiger charge is -2.12. The third kappa shape index (κ3) is 1.68. The lowest BCUT2D eigenvalue weighted by atomic mass is 10.1. The number of aromatic amines is 1. The van der Waals surface area contributed by atoms with Crippen LogP contribution in [0.25, 0.3) is 10.9 Å². The van der Waals surface area contributed by atoms with Gasteiger partial charge in [-0.2, -0.15) is 18.3 Å². The largest absolute Gasteiger partial charge is 0.420 e. The Bertz CT molecular complexity index is 477. The maximum atomic E-state index is 12.2. The Morgan fingerprint density at radius 2 is 1.93 bits per heavy atom. The molecular formula is C9H7F3N2O. The SMILES string of the molecule is O[C@@H](c1[nH]nc2ccccc12)C(F)(F)F. The first kappa shape index (κ1) is 9.97. The van der Waals surface area contributed by atoms with Gasteiger partial charge in [0.15, 0.2) is 6.10 Å². The van der Waals surface area contributed by atoms with Crippen molar-refractivity contribution in [2.75, 3.05) is 0 Å². The van der Waals surface area contributed by atoms with E-state index in [2.05, 4.69) is 10.2 Å². The molecule has 15 heavy (non-hydrogen) atoms. The summed E-state index contributed by atoms with van der Waals surface area (Å²) in [5.74, 6) is 0. The summed E-state index contributed by atoms with van der Waals surface area (Å²) in [6.07, 6.45) is -7.21. The van der Waals surface area contributed by atoms with E-state index < -0.39 is 12.3 Å². The molecule has 80 valence electrons. The van der Waals surface area contributed by atoms with E-state index in [0.29, 0.717) is 5.52 Å². The van der Waals surface area contributed by atoms with Crippen molar-refractivity contribution in [2.24, 2.45) is 0 Å². The van der Waals surface area contributed by atoms with E-state index in [1.165, 1.54) is 6.07 Å². The number of benzene rings is 1. The minimum Gasteiger partial charge on any atom is -0.378 e. The van der Waals surface area contributed by atoms with Crippen LogP contribution in [0.2, 0.25) is 0 Å². The number of nitrogens with one attached hydrogen (secondary N) is 1. The van der Waals surface area contributed by atoms with Crippen LogP contribution in [0, 0.1) is 0 Å². The van der Waals surface area contributed by atoms with Crippen molar-refractivity contribution >= 4 is 10.9 Å². The van der Waals surface area contributed by atoms with Crippen molar-refractivity contribution in [1.29, 1.82) is 0 Å². The quantitative estimate of drug-likeness (QED) is 0.767. The van der Waals surface area contributed by atoms with Crippen LogP contribution in [0.4, 0.5) is 13.2 Å². The Morgan fingerprint density at radius 1 is 1.27 bits per heavy atom. The maximum Gasteiger partial charge on any atom is 0.420 e. The molecule has 3 nitrogen and oxygen atoms in total. The van der Waals surface area contributed by atoms with Crippen LogP contribution >= 0.6 is 0 Å². The van der Waals surface area contributed by atoms with Gasteiger partial charge >= 0.3 is 6.18 Å². The van der Waals surface area contributed by atoms with Crippen LogP contribution in [-0.2, 0) is 0 Å². The van der Waals surface area contributed by atoms with E-state index in [1.54, 1.807) is 18.2 Å². The first-order chi connectivity index (χ1) is 7.00. The van der Waals surface area contributed by atoms with Gasteiger partial charge in [-0.3, -0.25) is 5.10 Å². The Labute approximate surface area is 82.5 Å². The van der Waals surface area contributed by atoms with Gasteiger partial charge in [0.2, 0.25) is 0 Å². The lowest BCUT2D eigenvalue weighted by Crippen LogP contribution is -2.20. The molecule has 1 heterocycles.